The monoisotopic (exact) mass is 301 g/mol. The van der Waals surface area contributed by atoms with E-state index in [1.165, 1.54) is 0 Å². The number of aromatic amines is 1. The van der Waals surface area contributed by atoms with Crippen molar-refractivity contribution in [2.24, 2.45) is 0 Å². The third-order valence-electron chi connectivity index (χ3n) is 3.33. The lowest BCUT2D eigenvalue weighted by Crippen LogP contribution is -2.00. The van der Waals surface area contributed by atoms with Crippen molar-refractivity contribution in [2.75, 3.05) is 12.1 Å². The number of hydrogen-bond donors (Lipinski definition) is 2. The summed E-state index contributed by atoms with van der Waals surface area (Å²) in [4.78, 5) is 7.71. The summed E-state index contributed by atoms with van der Waals surface area (Å²) in [5, 5.41) is 3.97. The first-order chi connectivity index (χ1) is 10.3. The van der Waals surface area contributed by atoms with E-state index in [1.54, 1.807) is 0 Å². The first kappa shape index (κ1) is 12.3. The van der Waals surface area contributed by atoms with E-state index in [0.717, 1.165) is 33.1 Å². The van der Waals surface area contributed by atoms with Crippen LogP contribution in [0, 0.1) is 0 Å². The molecular formula is C15H12ClN3O2. The first-order valence-electron chi connectivity index (χ1n) is 6.55. The Balaban J connectivity index is 1.57. The van der Waals surface area contributed by atoms with Crippen LogP contribution in [0.1, 0.15) is 5.56 Å². The van der Waals surface area contributed by atoms with Gasteiger partial charge in [-0.3, -0.25) is 0 Å². The van der Waals surface area contributed by atoms with Crippen LogP contribution >= 0.6 is 11.6 Å². The van der Waals surface area contributed by atoms with Crippen LogP contribution in [0.25, 0.3) is 11.0 Å². The van der Waals surface area contributed by atoms with Gasteiger partial charge in [0, 0.05) is 23.7 Å². The molecule has 0 bridgehead atoms. The number of nitrogens with one attached hydrogen (secondary N) is 2. The second-order valence-electron chi connectivity index (χ2n) is 4.79. The molecule has 0 unspecified atom stereocenters. The maximum atomic E-state index is 5.97. The lowest BCUT2D eigenvalue weighted by molar-refractivity contribution is 0.174. The van der Waals surface area contributed by atoms with Gasteiger partial charge in [-0.1, -0.05) is 23.7 Å². The molecule has 2 heterocycles. The number of fused-ring (bicyclic) bond motifs is 2. The molecule has 4 rings (SSSR count). The lowest BCUT2D eigenvalue weighted by atomic mass is 10.2. The molecule has 6 heteroatoms. The molecule has 0 atom stereocenters. The Morgan fingerprint density at radius 3 is 2.90 bits per heavy atom. The Morgan fingerprint density at radius 2 is 2.05 bits per heavy atom. The van der Waals surface area contributed by atoms with Crippen LogP contribution in [-0.4, -0.2) is 16.8 Å². The van der Waals surface area contributed by atoms with E-state index in [0.29, 0.717) is 12.5 Å². The molecule has 3 aromatic rings. The summed E-state index contributed by atoms with van der Waals surface area (Å²) >= 11 is 5.97. The molecule has 1 aromatic heterocycles. The van der Waals surface area contributed by atoms with E-state index in [1.807, 2.05) is 36.4 Å². The van der Waals surface area contributed by atoms with Crippen molar-refractivity contribution >= 4 is 28.6 Å². The largest absolute Gasteiger partial charge is 0.454 e. The van der Waals surface area contributed by atoms with Crippen molar-refractivity contribution in [3.63, 3.8) is 0 Å². The molecule has 0 saturated heterocycles. The Bertz CT molecular complexity index is 775. The number of nitrogens with zero attached hydrogens (tertiary/aromatic N) is 1. The van der Waals surface area contributed by atoms with Crippen LogP contribution in [-0.2, 0) is 6.54 Å². The van der Waals surface area contributed by atoms with Gasteiger partial charge in [-0.15, -0.1) is 0 Å². The second kappa shape index (κ2) is 4.86. The van der Waals surface area contributed by atoms with E-state index in [-0.39, 0.29) is 6.79 Å². The Hall–Kier alpha value is -2.40. The van der Waals surface area contributed by atoms with E-state index in [2.05, 4.69) is 15.3 Å². The number of benzene rings is 2. The minimum atomic E-state index is 0.266. The summed E-state index contributed by atoms with van der Waals surface area (Å²) in [5.41, 5.74) is 2.85. The smallest absolute Gasteiger partial charge is 0.231 e. The van der Waals surface area contributed by atoms with Crippen LogP contribution < -0.4 is 14.8 Å². The predicted octanol–water partition coefficient (Wildman–Crippen LogP) is 3.56. The fourth-order valence-electron chi connectivity index (χ4n) is 2.32. The summed E-state index contributed by atoms with van der Waals surface area (Å²) in [5.74, 6) is 2.18. The van der Waals surface area contributed by atoms with Gasteiger partial charge in [-0.05, 0) is 17.7 Å². The van der Waals surface area contributed by atoms with E-state index in [4.69, 9.17) is 21.1 Å². The average molecular weight is 302 g/mol. The highest BCUT2D eigenvalue weighted by atomic mass is 35.5. The maximum Gasteiger partial charge on any atom is 0.231 e. The summed E-state index contributed by atoms with van der Waals surface area (Å²) in [6, 6.07) is 11.5. The maximum absolute atomic E-state index is 5.97. The Labute approximate surface area is 125 Å². The van der Waals surface area contributed by atoms with Crippen LogP contribution in [0.15, 0.2) is 36.4 Å². The third kappa shape index (κ3) is 2.36. The third-order valence-corrected chi connectivity index (χ3v) is 3.56. The quantitative estimate of drug-likeness (QED) is 0.776. The molecule has 21 heavy (non-hydrogen) atoms. The molecule has 0 radical (unpaired) electrons. The summed E-state index contributed by atoms with van der Waals surface area (Å²) in [6.07, 6.45) is 0. The molecule has 0 spiro atoms. The van der Waals surface area contributed by atoms with Crippen molar-refractivity contribution < 1.29 is 9.47 Å². The van der Waals surface area contributed by atoms with Crippen LogP contribution in [0.3, 0.4) is 0 Å². The molecule has 0 amide bonds. The molecule has 106 valence electrons. The molecule has 1 aliphatic heterocycles. The lowest BCUT2D eigenvalue weighted by Gasteiger charge is -2.03. The number of H-pyrrole nitrogens is 1. The van der Waals surface area contributed by atoms with Crippen molar-refractivity contribution in [2.45, 2.75) is 6.54 Å². The second-order valence-corrected chi connectivity index (χ2v) is 5.23. The summed E-state index contributed by atoms with van der Waals surface area (Å²) in [7, 11) is 0. The molecular weight excluding hydrogens is 290 g/mol. The van der Waals surface area contributed by atoms with Crippen molar-refractivity contribution in [1.29, 1.82) is 0 Å². The number of ether oxygens (including phenoxy) is 2. The van der Waals surface area contributed by atoms with E-state index < -0.39 is 0 Å². The number of hydrogen-bond acceptors (Lipinski definition) is 4. The zero-order valence-electron chi connectivity index (χ0n) is 11.0. The van der Waals surface area contributed by atoms with Crippen molar-refractivity contribution in [3.8, 4) is 11.5 Å². The number of anilines is 1. The van der Waals surface area contributed by atoms with Crippen molar-refractivity contribution in [1.82, 2.24) is 9.97 Å². The number of aromatic nitrogens is 2. The van der Waals surface area contributed by atoms with E-state index in [9.17, 15) is 0 Å². The zero-order chi connectivity index (χ0) is 14.2. The molecule has 5 nitrogen and oxygen atoms in total. The van der Waals surface area contributed by atoms with Crippen molar-refractivity contribution in [3.05, 3.63) is 47.0 Å². The number of rotatable bonds is 3. The van der Waals surface area contributed by atoms with Gasteiger partial charge in [0.1, 0.15) is 0 Å². The Morgan fingerprint density at radius 1 is 1.19 bits per heavy atom. The number of imidazole rings is 1. The molecule has 2 aromatic carbocycles. The topological polar surface area (TPSA) is 59.2 Å². The fraction of sp³-hybridized carbons (Fsp3) is 0.133. The van der Waals surface area contributed by atoms with Gasteiger partial charge in [0.2, 0.25) is 12.7 Å². The highest BCUT2D eigenvalue weighted by Crippen LogP contribution is 2.35. The van der Waals surface area contributed by atoms with Gasteiger partial charge < -0.3 is 19.8 Å². The predicted molar refractivity (Wildman–Crippen MR) is 81.0 cm³/mol. The fourth-order valence-corrected chi connectivity index (χ4v) is 2.53. The van der Waals surface area contributed by atoms with Gasteiger partial charge in [0.05, 0.1) is 11.0 Å². The normalized spacial score (nSPS) is 12.8. The summed E-state index contributed by atoms with van der Waals surface area (Å²) < 4.78 is 10.7. The first-order valence-corrected chi connectivity index (χ1v) is 6.93. The van der Waals surface area contributed by atoms with Gasteiger partial charge >= 0.3 is 0 Å². The van der Waals surface area contributed by atoms with Crippen LogP contribution in [0.4, 0.5) is 5.95 Å². The van der Waals surface area contributed by atoms with Gasteiger partial charge in [-0.2, -0.15) is 0 Å². The van der Waals surface area contributed by atoms with E-state index >= 15 is 0 Å². The van der Waals surface area contributed by atoms with Crippen LogP contribution in [0.2, 0.25) is 5.02 Å². The minimum absolute atomic E-state index is 0.266. The molecule has 1 aliphatic rings. The molecule has 0 saturated carbocycles. The van der Waals surface area contributed by atoms with Gasteiger partial charge in [-0.25, -0.2) is 4.98 Å². The molecule has 2 N–H and O–H groups in total. The highest BCUT2D eigenvalue weighted by molar-refractivity contribution is 6.30. The summed E-state index contributed by atoms with van der Waals surface area (Å²) in [6.45, 7) is 0.912. The van der Waals surface area contributed by atoms with Gasteiger partial charge in [0.25, 0.3) is 0 Å². The SMILES string of the molecule is Clc1cccc(CNc2nc3cc4c(cc3[nH]2)OCO4)c1. The molecule has 0 aliphatic carbocycles. The zero-order valence-corrected chi connectivity index (χ0v) is 11.8. The minimum Gasteiger partial charge on any atom is -0.454 e. The molecule has 0 fully saturated rings. The van der Waals surface area contributed by atoms with Gasteiger partial charge in [0.15, 0.2) is 11.5 Å². The standard InChI is InChI=1S/C15H12ClN3O2/c16-10-3-1-2-9(4-10)7-17-15-18-11-5-13-14(21-8-20-13)6-12(11)19-15/h1-6H,7-8H2,(H2,17,18,19). The highest BCUT2D eigenvalue weighted by Gasteiger charge is 2.16. The van der Waals surface area contributed by atoms with Crippen LogP contribution in [0.5, 0.6) is 11.5 Å². The number of halogens is 1. The Kier molecular flexibility index (Phi) is 2.86. The average Bonchev–Trinajstić information content (AvgIpc) is 3.07.